The second kappa shape index (κ2) is 6.33. The van der Waals surface area contributed by atoms with Crippen molar-refractivity contribution in [3.63, 3.8) is 0 Å². The molecular formula is C17H13N3O4. The predicted octanol–water partition coefficient (Wildman–Crippen LogP) is 2.58. The summed E-state index contributed by atoms with van der Waals surface area (Å²) >= 11 is 0. The molecule has 120 valence electrons. The number of nitro groups is 1. The van der Waals surface area contributed by atoms with Crippen LogP contribution in [0.3, 0.4) is 0 Å². The Morgan fingerprint density at radius 3 is 2.50 bits per heavy atom. The molecule has 0 aliphatic rings. The smallest absolute Gasteiger partial charge is 0.292 e. The van der Waals surface area contributed by atoms with E-state index >= 15 is 0 Å². The van der Waals surface area contributed by atoms with Gasteiger partial charge >= 0.3 is 0 Å². The predicted molar refractivity (Wildman–Crippen MR) is 87.6 cm³/mol. The Labute approximate surface area is 136 Å². The van der Waals surface area contributed by atoms with Crippen LogP contribution in [0.15, 0.2) is 54.7 Å². The molecule has 7 nitrogen and oxygen atoms in total. The number of H-pyrrole nitrogens is 1. The van der Waals surface area contributed by atoms with Gasteiger partial charge in [-0.3, -0.25) is 19.7 Å². The Hall–Kier alpha value is -3.48. The van der Waals surface area contributed by atoms with Gasteiger partial charge in [0.05, 0.1) is 10.5 Å². The third-order valence-corrected chi connectivity index (χ3v) is 3.64. The molecule has 0 unspecified atom stereocenters. The number of aromatic nitrogens is 1. The lowest BCUT2D eigenvalue weighted by molar-refractivity contribution is -0.384. The number of non-ortho nitro benzene ring substituents is 1. The molecule has 24 heavy (non-hydrogen) atoms. The van der Waals surface area contributed by atoms with E-state index < -0.39 is 16.6 Å². The first-order valence-corrected chi connectivity index (χ1v) is 7.18. The molecule has 1 aromatic heterocycles. The Morgan fingerprint density at radius 1 is 1.08 bits per heavy atom. The van der Waals surface area contributed by atoms with Crippen molar-refractivity contribution in [2.24, 2.45) is 0 Å². The average molecular weight is 323 g/mol. The quantitative estimate of drug-likeness (QED) is 0.326. The number of hydrogen-bond acceptors (Lipinski definition) is 4. The molecule has 2 aromatic carbocycles. The fraction of sp³-hybridized carbons (Fsp3) is 0.0588. The lowest BCUT2D eigenvalue weighted by Gasteiger charge is -2.04. The van der Waals surface area contributed by atoms with Crippen LogP contribution in [-0.4, -0.2) is 21.6 Å². The first-order chi connectivity index (χ1) is 11.6. The Bertz CT molecular complexity index is 928. The molecule has 0 aliphatic heterocycles. The number of benzene rings is 2. The molecule has 1 heterocycles. The maximum Gasteiger partial charge on any atom is 0.292 e. The van der Waals surface area contributed by atoms with Crippen molar-refractivity contribution in [1.82, 2.24) is 10.3 Å². The van der Waals surface area contributed by atoms with Gasteiger partial charge in [0.1, 0.15) is 0 Å². The van der Waals surface area contributed by atoms with Crippen molar-refractivity contribution in [3.8, 4) is 0 Å². The minimum absolute atomic E-state index is 0.0278. The minimum atomic E-state index is -0.724. The molecule has 0 spiro atoms. The van der Waals surface area contributed by atoms with Gasteiger partial charge < -0.3 is 10.3 Å². The van der Waals surface area contributed by atoms with E-state index in [1.807, 2.05) is 12.1 Å². The molecule has 7 heteroatoms. The van der Waals surface area contributed by atoms with Gasteiger partial charge in [-0.25, -0.2) is 0 Å². The lowest BCUT2D eigenvalue weighted by atomic mass is 10.1. The highest BCUT2D eigenvalue weighted by Crippen LogP contribution is 2.18. The molecule has 0 atom stereocenters. The number of rotatable bonds is 5. The van der Waals surface area contributed by atoms with Crippen LogP contribution in [0.2, 0.25) is 0 Å². The van der Waals surface area contributed by atoms with Crippen LogP contribution in [0.5, 0.6) is 0 Å². The zero-order valence-corrected chi connectivity index (χ0v) is 12.5. The van der Waals surface area contributed by atoms with Crippen LogP contribution in [0, 0.1) is 10.1 Å². The number of aromatic amines is 1. The molecule has 0 aliphatic carbocycles. The maximum absolute atomic E-state index is 12.3. The molecule has 0 saturated carbocycles. The Balaban J connectivity index is 1.68. The lowest BCUT2D eigenvalue weighted by Crippen LogP contribution is -2.30. The first-order valence-electron chi connectivity index (χ1n) is 7.18. The van der Waals surface area contributed by atoms with Gasteiger partial charge in [0.25, 0.3) is 17.4 Å². The van der Waals surface area contributed by atoms with Crippen molar-refractivity contribution in [1.29, 1.82) is 0 Å². The Morgan fingerprint density at radius 2 is 1.79 bits per heavy atom. The first kappa shape index (κ1) is 15.4. The number of amides is 1. The van der Waals surface area contributed by atoms with E-state index in [1.165, 1.54) is 30.5 Å². The van der Waals surface area contributed by atoms with Gasteiger partial charge in [0, 0.05) is 35.8 Å². The zero-order valence-electron chi connectivity index (χ0n) is 12.5. The van der Waals surface area contributed by atoms with Gasteiger partial charge in [-0.2, -0.15) is 0 Å². The SMILES string of the molecule is O=C(NCc1ccc([N+](=O)[O-])cc1)C(=O)c1c[nH]c2ccccc12. The van der Waals surface area contributed by atoms with Crippen molar-refractivity contribution in [2.75, 3.05) is 0 Å². The molecule has 3 rings (SSSR count). The molecule has 3 aromatic rings. The summed E-state index contributed by atoms with van der Waals surface area (Å²) < 4.78 is 0. The van der Waals surface area contributed by atoms with E-state index in [4.69, 9.17) is 0 Å². The number of para-hydroxylation sites is 1. The molecule has 0 fully saturated rings. The molecule has 0 radical (unpaired) electrons. The molecule has 0 saturated heterocycles. The third-order valence-electron chi connectivity index (χ3n) is 3.64. The van der Waals surface area contributed by atoms with Crippen LogP contribution in [-0.2, 0) is 11.3 Å². The van der Waals surface area contributed by atoms with Gasteiger partial charge in [0.15, 0.2) is 0 Å². The molecule has 2 N–H and O–H groups in total. The van der Waals surface area contributed by atoms with Gasteiger partial charge in [-0.15, -0.1) is 0 Å². The summed E-state index contributed by atoms with van der Waals surface area (Å²) in [7, 11) is 0. The number of Topliss-reactive ketones (excluding diaryl/α,β-unsaturated/α-hetero) is 1. The third kappa shape index (κ3) is 3.00. The largest absolute Gasteiger partial charge is 0.360 e. The summed E-state index contributed by atoms with van der Waals surface area (Å²) in [5, 5.41) is 13.8. The fourth-order valence-electron chi connectivity index (χ4n) is 2.38. The number of fused-ring (bicyclic) bond motifs is 1. The highest BCUT2D eigenvalue weighted by Gasteiger charge is 2.19. The van der Waals surface area contributed by atoms with Crippen LogP contribution < -0.4 is 5.32 Å². The van der Waals surface area contributed by atoms with E-state index in [0.29, 0.717) is 16.5 Å². The van der Waals surface area contributed by atoms with Gasteiger partial charge in [-0.1, -0.05) is 30.3 Å². The van der Waals surface area contributed by atoms with E-state index in [-0.39, 0.29) is 12.2 Å². The maximum atomic E-state index is 12.3. The number of carbonyl (C=O) groups excluding carboxylic acids is 2. The highest BCUT2D eigenvalue weighted by atomic mass is 16.6. The normalized spacial score (nSPS) is 10.5. The highest BCUT2D eigenvalue weighted by molar-refractivity contribution is 6.44. The number of carbonyl (C=O) groups is 2. The van der Waals surface area contributed by atoms with Crippen LogP contribution in [0.4, 0.5) is 5.69 Å². The zero-order chi connectivity index (χ0) is 17.1. The summed E-state index contributed by atoms with van der Waals surface area (Å²) in [4.78, 5) is 37.4. The van der Waals surface area contributed by atoms with Crippen molar-refractivity contribution in [2.45, 2.75) is 6.54 Å². The Kier molecular flexibility index (Phi) is 4.07. The fourth-order valence-corrected chi connectivity index (χ4v) is 2.38. The van der Waals surface area contributed by atoms with Crippen LogP contribution in [0.25, 0.3) is 10.9 Å². The number of hydrogen-bond donors (Lipinski definition) is 2. The van der Waals surface area contributed by atoms with Gasteiger partial charge in [-0.05, 0) is 11.6 Å². The summed E-state index contributed by atoms with van der Waals surface area (Å²) in [6.45, 7) is 0.116. The topological polar surface area (TPSA) is 105 Å². The van der Waals surface area contributed by atoms with Crippen molar-refractivity contribution < 1.29 is 14.5 Å². The van der Waals surface area contributed by atoms with Crippen LogP contribution >= 0.6 is 0 Å². The summed E-state index contributed by atoms with van der Waals surface area (Å²) in [5.74, 6) is -1.35. The number of nitrogens with one attached hydrogen (secondary N) is 2. The molecule has 1 amide bonds. The van der Waals surface area contributed by atoms with E-state index in [0.717, 1.165) is 5.52 Å². The number of nitrogens with zero attached hydrogens (tertiary/aromatic N) is 1. The van der Waals surface area contributed by atoms with Crippen LogP contribution in [0.1, 0.15) is 15.9 Å². The minimum Gasteiger partial charge on any atom is -0.360 e. The van der Waals surface area contributed by atoms with Crippen molar-refractivity contribution in [3.05, 3.63) is 76.0 Å². The van der Waals surface area contributed by atoms with Crippen molar-refractivity contribution >= 4 is 28.3 Å². The molecular weight excluding hydrogens is 310 g/mol. The summed E-state index contributed by atoms with van der Waals surface area (Å²) in [6, 6.07) is 13.0. The number of nitro benzene ring substituents is 1. The molecule has 0 bridgehead atoms. The number of ketones is 1. The monoisotopic (exact) mass is 323 g/mol. The standard InChI is InChI=1S/C17H13N3O4/c21-16(14-10-18-15-4-2-1-3-13(14)15)17(22)19-9-11-5-7-12(8-6-11)20(23)24/h1-8,10,18H,9H2,(H,19,22). The average Bonchev–Trinajstić information content (AvgIpc) is 3.03. The van der Waals surface area contributed by atoms with Gasteiger partial charge in [0.2, 0.25) is 0 Å². The second-order valence-electron chi connectivity index (χ2n) is 5.18. The van der Waals surface area contributed by atoms with E-state index in [9.17, 15) is 19.7 Å². The van der Waals surface area contributed by atoms with E-state index in [2.05, 4.69) is 10.3 Å². The summed E-state index contributed by atoms with van der Waals surface area (Å²) in [6.07, 6.45) is 1.51. The summed E-state index contributed by atoms with van der Waals surface area (Å²) in [5.41, 5.74) is 1.73. The second-order valence-corrected chi connectivity index (χ2v) is 5.18. The van der Waals surface area contributed by atoms with E-state index in [1.54, 1.807) is 12.1 Å².